The zero-order chi connectivity index (χ0) is 99.7. The van der Waals surface area contributed by atoms with E-state index in [1.165, 1.54) is 70.0 Å². The number of aromatic carboxylic acids is 5. The Labute approximate surface area is 826 Å². The molecule has 15 N–H and O–H groups in total. The standard InChI is InChI=1S/C23H30N2O3.2C22H28N2O3.2C18H22N2O3.C5H11N.C5H5N/c1-2-3-14-24-20-15-17(23(26)27)16-21(25-18-10-6-4-7-11-18)22(20)28-19-12-8-5-9-13-19;1-2-3-13-23-19-14-16(22(25)26)15-20(24-17-9-7-8-10-17)21(19)27-18-11-5-4-6-12-18;1-2-3-9-23-20-15-18(22(25)26)16-21(24-10-12-27-13-11-24)19(20)14-17-7-5-4-6-8-17;2*1-3-4-10-20-16-12-13(18(21)22)11-15(19-2)17(16)23-14-8-6-5-7-9-14;2*1-2-4-6-5-3-1/h5,8-9,12-13,15-16,18,24-25H,2-4,6-7,10-11,14H2,1H3,(H,26,27);4-6,11-12,14-15,17,23-24H,2-3,7-10,13H2,1H3,(H,25,26);4-8,15-16,23H,2-3,9-14H2,1H3,(H,25,26);2*5-9,11-12,19-20H,3-4,10H2,1-2H3,(H,21,22);6H,1-5H2;1-5H. The Hall–Kier alpha value is -14.2. The van der Waals surface area contributed by atoms with Gasteiger partial charge in [-0.15, -0.1) is 0 Å². The molecule has 0 atom stereocenters. The minimum atomic E-state index is -0.966. The number of para-hydroxylation sites is 4. The lowest BCUT2D eigenvalue weighted by Gasteiger charge is -2.32. The molecule has 4 fully saturated rings. The molecule has 10 aromatic carbocycles. The highest BCUT2D eigenvalue weighted by Gasteiger charge is 2.27. The van der Waals surface area contributed by atoms with E-state index in [2.05, 4.69) is 110 Å². The fourth-order valence-corrected chi connectivity index (χ4v) is 15.9. The van der Waals surface area contributed by atoms with Crippen LogP contribution in [0, 0.1) is 0 Å². The lowest BCUT2D eigenvalue weighted by Crippen LogP contribution is -2.37. The van der Waals surface area contributed by atoms with Gasteiger partial charge in [0.15, 0.2) is 23.0 Å². The molecule has 1 aromatic heterocycles. The van der Waals surface area contributed by atoms with Gasteiger partial charge in [-0.3, -0.25) is 4.98 Å². The summed E-state index contributed by atoms with van der Waals surface area (Å²) >= 11 is 0. The van der Waals surface area contributed by atoms with E-state index in [9.17, 15) is 49.5 Å². The van der Waals surface area contributed by atoms with Crippen molar-refractivity contribution in [3.05, 3.63) is 282 Å². The molecule has 0 spiro atoms. The molecule has 27 heteroatoms. The number of hydrogen-bond donors (Lipinski definition) is 15. The lowest BCUT2D eigenvalue weighted by molar-refractivity contribution is 0.0686. The molecule has 0 radical (unpaired) electrons. The number of anilines is 10. The highest BCUT2D eigenvalue weighted by Crippen LogP contribution is 2.45. The summed E-state index contributed by atoms with van der Waals surface area (Å²) in [4.78, 5) is 63.7. The first-order chi connectivity index (χ1) is 68.3. The molecular formula is C113H146N12O15. The minimum absolute atomic E-state index is 0.216. The number of nitrogens with zero attached hydrogens (tertiary/aromatic N) is 2. The molecule has 27 nitrogen and oxygen atoms in total. The lowest BCUT2D eigenvalue weighted by atomic mass is 9.95. The van der Waals surface area contributed by atoms with Gasteiger partial charge in [0.2, 0.25) is 0 Å². The maximum Gasteiger partial charge on any atom is 0.335 e. The van der Waals surface area contributed by atoms with Crippen LogP contribution in [0.15, 0.2) is 243 Å². The monoisotopic (exact) mass is 1910 g/mol. The highest BCUT2D eigenvalue weighted by atomic mass is 16.5. The Balaban J connectivity index is 0.000000190. The van der Waals surface area contributed by atoms with E-state index in [0.717, 1.165) is 188 Å². The average molecular weight is 1910 g/mol. The fraction of sp³-hybridized carbons (Fsp3) is 0.381. The summed E-state index contributed by atoms with van der Waals surface area (Å²) in [5.74, 6) is 0.685. The molecule has 2 saturated carbocycles. The van der Waals surface area contributed by atoms with Gasteiger partial charge in [0.25, 0.3) is 0 Å². The number of unbranched alkanes of at least 4 members (excludes halogenated alkanes) is 5. The van der Waals surface area contributed by atoms with Crippen LogP contribution in [-0.4, -0.2) is 159 Å². The number of nitrogens with one attached hydrogen (secondary N) is 10. The van der Waals surface area contributed by atoms with E-state index in [-0.39, 0.29) is 22.3 Å². The van der Waals surface area contributed by atoms with Crippen LogP contribution in [0.1, 0.15) is 239 Å². The zero-order valence-corrected chi connectivity index (χ0v) is 82.5. The number of pyridine rings is 1. The van der Waals surface area contributed by atoms with E-state index in [1.54, 1.807) is 81.1 Å². The van der Waals surface area contributed by atoms with Gasteiger partial charge in [-0.1, -0.05) is 214 Å². The van der Waals surface area contributed by atoms with Gasteiger partial charge in [-0.25, -0.2) is 24.0 Å². The first-order valence-corrected chi connectivity index (χ1v) is 49.8. The van der Waals surface area contributed by atoms with Gasteiger partial charge in [0, 0.05) is 108 Å². The second-order valence-corrected chi connectivity index (χ2v) is 34.4. The highest BCUT2D eigenvalue weighted by molar-refractivity contribution is 5.96. The number of morpholine rings is 1. The molecule has 15 rings (SSSR count). The number of carboxylic acid groups (broad SMARTS) is 5. The molecule has 11 aromatic rings. The van der Waals surface area contributed by atoms with E-state index >= 15 is 0 Å². The van der Waals surface area contributed by atoms with Crippen LogP contribution in [0.3, 0.4) is 0 Å². The second-order valence-electron chi connectivity index (χ2n) is 34.4. The van der Waals surface area contributed by atoms with E-state index in [0.29, 0.717) is 93.8 Å². The normalized spacial score (nSPS) is 13.1. The molecule has 0 bridgehead atoms. The topological polar surface area (TPSA) is 369 Å². The number of aromatic nitrogens is 1. The smallest absolute Gasteiger partial charge is 0.335 e. The molecule has 140 heavy (non-hydrogen) atoms. The van der Waals surface area contributed by atoms with Crippen molar-refractivity contribution in [1.82, 2.24) is 10.3 Å². The average Bonchev–Trinajstić information content (AvgIpc) is 0.807. The van der Waals surface area contributed by atoms with Gasteiger partial charge in [-0.2, -0.15) is 0 Å². The number of hydrogen-bond acceptors (Lipinski definition) is 22. The molecule has 4 aliphatic rings. The number of benzene rings is 10. The summed E-state index contributed by atoms with van der Waals surface area (Å²) in [5, 5.41) is 80.5. The van der Waals surface area contributed by atoms with Crippen LogP contribution >= 0.6 is 0 Å². The van der Waals surface area contributed by atoms with Gasteiger partial charge < -0.3 is 107 Å². The molecule has 0 unspecified atom stereocenters. The third kappa shape index (κ3) is 38.0. The quantitative estimate of drug-likeness (QED) is 0.0158. The van der Waals surface area contributed by atoms with Crippen LogP contribution in [0.5, 0.6) is 46.0 Å². The Morgan fingerprint density at radius 3 is 0.914 bits per heavy atom. The Morgan fingerprint density at radius 2 is 0.629 bits per heavy atom. The molecule has 2 saturated heterocycles. The van der Waals surface area contributed by atoms with Gasteiger partial charge in [0.1, 0.15) is 23.0 Å². The summed E-state index contributed by atoms with van der Waals surface area (Å²) < 4.78 is 29.9. The van der Waals surface area contributed by atoms with Crippen LogP contribution in [0.25, 0.3) is 0 Å². The van der Waals surface area contributed by atoms with Gasteiger partial charge in [0.05, 0.1) is 86.5 Å². The van der Waals surface area contributed by atoms with Crippen molar-refractivity contribution in [2.45, 2.75) is 194 Å². The Kier molecular flexibility index (Phi) is 49.0. The van der Waals surface area contributed by atoms with Crippen LogP contribution in [-0.2, 0) is 11.2 Å². The van der Waals surface area contributed by atoms with Crippen molar-refractivity contribution in [3.63, 3.8) is 0 Å². The summed E-state index contributed by atoms with van der Waals surface area (Å²) in [6, 6.07) is 71.5. The SMILES string of the molecule is C1CCNCC1.CCCCNc1cc(C(=O)O)cc(N2CCOCC2)c1Cc1ccccc1.CCCCNc1cc(C(=O)O)cc(NC)c1Oc1ccccc1.CCCCNc1cc(C(=O)O)cc(NC)c1Oc1ccccc1.CCCCNc1cc(C(=O)O)cc(NC2CCCC2)c1Oc1ccccc1.CCCCNc1cc(C(=O)O)cc(NC2CCCCC2)c1Oc1ccccc1.c1ccncc1. The molecular weight excluding hydrogens is 1770 g/mol. The number of carbonyl (C=O) groups is 5. The van der Waals surface area contributed by atoms with Crippen molar-refractivity contribution in [2.24, 2.45) is 0 Å². The predicted octanol–water partition coefficient (Wildman–Crippen LogP) is 26.6. The minimum Gasteiger partial charge on any atom is -0.478 e. The van der Waals surface area contributed by atoms with Crippen molar-refractivity contribution < 1.29 is 73.2 Å². The van der Waals surface area contributed by atoms with Gasteiger partial charge >= 0.3 is 29.8 Å². The third-order valence-electron chi connectivity index (χ3n) is 23.5. The molecule has 748 valence electrons. The number of rotatable bonds is 42. The first kappa shape index (κ1) is 109. The van der Waals surface area contributed by atoms with Crippen LogP contribution in [0.2, 0.25) is 0 Å². The van der Waals surface area contributed by atoms with E-state index < -0.39 is 29.8 Å². The molecule has 2 aliphatic carbocycles. The number of carboxylic acids is 5. The summed E-state index contributed by atoms with van der Waals surface area (Å²) in [5.41, 5.74) is 11.1. The van der Waals surface area contributed by atoms with Crippen LogP contribution < -0.4 is 77.0 Å². The first-order valence-electron chi connectivity index (χ1n) is 49.8. The van der Waals surface area contributed by atoms with Crippen LogP contribution in [0.4, 0.5) is 56.9 Å². The number of piperidine rings is 1. The van der Waals surface area contributed by atoms with Crippen molar-refractivity contribution in [2.75, 3.05) is 139 Å². The Bertz CT molecular complexity index is 5310. The summed E-state index contributed by atoms with van der Waals surface area (Å²) in [7, 11) is 3.49. The van der Waals surface area contributed by atoms with E-state index in [4.69, 9.17) is 23.7 Å². The van der Waals surface area contributed by atoms with Crippen molar-refractivity contribution in [3.8, 4) is 46.0 Å². The molecule has 2 aliphatic heterocycles. The Morgan fingerprint density at radius 1 is 0.350 bits per heavy atom. The van der Waals surface area contributed by atoms with E-state index in [1.807, 2.05) is 164 Å². The summed E-state index contributed by atoms with van der Waals surface area (Å²) in [6.07, 6.45) is 29.3. The maximum atomic E-state index is 11.7. The maximum absolute atomic E-state index is 11.7. The summed E-state index contributed by atoms with van der Waals surface area (Å²) in [6.45, 7) is 19.9. The van der Waals surface area contributed by atoms with Crippen molar-refractivity contribution in [1.29, 1.82) is 0 Å². The number of ether oxygens (including phenoxy) is 5. The predicted molar refractivity (Wildman–Crippen MR) is 569 cm³/mol. The zero-order valence-electron chi connectivity index (χ0n) is 82.5. The fourth-order valence-electron chi connectivity index (χ4n) is 15.9. The third-order valence-corrected chi connectivity index (χ3v) is 23.5. The molecule has 0 amide bonds. The largest absolute Gasteiger partial charge is 0.478 e. The van der Waals surface area contributed by atoms with Crippen molar-refractivity contribution >= 4 is 86.7 Å². The second kappa shape index (κ2) is 62.6. The molecule has 3 heterocycles. The van der Waals surface area contributed by atoms with Gasteiger partial charge in [-0.05, 0) is 211 Å².